The molecule has 1 aliphatic heterocycles. The molecule has 68 valence electrons. The van der Waals surface area contributed by atoms with Crippen molar-refractivity contribution in [2.24, 2.45) is 0 Å². The van der Waals surface area contributed by atoms with Gasteiger partial charge in [-0.25, -0.2) is 0 Å². The van der Waals surface area contributed by atoms with Crippen LogP contribution in [0.1, 0.15) is 12.0 Å². The smallest absolute Gasteiger partial charge is 0.241 e. The number of alkyl halides is 1. The van der Waals surface area contributed by atoms with Gasteiger partial charge in [0.05, 0.1) is 0 Å². The molecule has 13 heavy (non-hydrogen) atoms. The Labute approximate surface area is 85.5 Å². The first-order valence-corrected chi connectivity index (χ1v) is 5.05. The summed E-state index contributed by atoms with van der Waals surface area (Å²) in [5.41, 5.74) is 1.03. The summed E-state index contributed by atoms with van der Waals surface area (Å²) in [6.45, 7) is 0.749. The van der Waals surface area contributed by atoms with Gasteiger partial charge in [-0.05, 0) is 12.0 Å². The highest BCUT2D eigenvalue weighted by Crippen LogP contribution is 2.37. The van der Waals surface area contributed by atoms with E-state index in [9.17, 15) is 4.79 Å². The Morgan fingerprint density at radius 2 is 2.00 bits per heavy atom. The highest BCUT2D eigenvalue weighted by Gasteiger charge is 2.41. The first kappa shape index (κ1) is 8.75. The van der Waals surface area contributed by atoms with Gasteiger partial charge in [-0.2, -0.15) is 0 Å². The van der Waals surface area contributed by atoms with Gasteiger partial charge < -0.3 is 5.32 Å². The fraction of sp³-hybridized carbons (Fsp3) is 0.300. The third-order valence-corrected chi connectivity index (χ3v) is 3.56. The molecule has 0 spiro atoms. The van der Waals surface area contributed by atoms with E-state index in [0.717, 1.165) is 18.5 Å². The van der Waals surface area contributed by atoms with Crippen molar-refractivity contribution in [3.8, 4) is 0 Å². The van der Waals surface area contributed by atoms with Crippen molar-refractivity contribution in [1.82, 2.24) is 5.32 Å². The van der Waals surface area contributed by atoms with Crippen LogP contribution >= 0.6 is 15.9 Å². The lowest BCUT2D eigenvalue weighted by Crippen LogP contribution is -2.29. The van der Waals surface area contributed by atoms with Gasteiger partial charge in [-0.1, -0.05) is 46.3 Å². The van der Waals surface area contributed by atoms with Crippen LogP contribution in [0.3, 0.4) is 0 Å². The van der Waals surface area contributed by atoms with Gasteiger partial charge in [0.2, 0.25) is 5.91 Å². The first-order valence-electron chi connectivity index (χ1n) is 4.26. The molecule has 1 aliphatic rings. The van der Waals surface area contributed by atoms with Crippen LogP contribution in [0.15, 0.2) is 30.3 Å². The number of hydrogen-bond acceptors (Lipinski definition) is 1. The van der Waals surface area contributed by atoms with E-state index in [1.165, 1.54) is 0 Å². The summed E-state index contributed by atoms with van der Waals surface area (Å²) in [6.07, 6.45) is 0.815. The molecular formula is C10H10BrNO. The summed E-state index contributed by atoms with van der Waals surface area (Å²) in [7, 11) is 0. The van der Waals surface area contributed by atoms with Crippen LogP contribution in [-0.4, -0.2) is 12.5 Å². The number of carbonyl (C=O) groups excluding carboxylic acids is 1. The first-order chi connectivity index (χ1) is 6.23. The lowest BCUT2D eigenvalue weighted by atomic mass is 9.98. The molecule has 3 heteroatoms. The van der Waals surface area contributed by atoms with Crippen LogP contribution in [0.25, 0.3) is 0 Å². The molecule has 0 bridgehead atoms. The second kappa shape index (κ2) is 3.14. The van der Waals surface area contributed by atoms with Crippen LogP contribution < -0.4 is 5.32 Å². The van der Waals surface area contributed by atoms with Crippen molar-refractivity contribution in [2.75, 3.05) is 6.54 Å². The lowest BCUT2D eigenvalue weighted by Gasteiger charge is -2.18. The maximum Gasteiger partial charge on any atom is 0.241 e. The van der Waals surface area contributed by atoms with E-state index < -0.39 is 4.32 Å². The number of rotatable bonds is 1. The third kappa shape index (κ3) is 1.37. The Morgan fingerprint density at radius 1 is 1.31 bits per heavy atom. The summed E-state index contributed by atoms with van der Waals surface area (Å²) in [4.78, 5) is 11.5. The van der Waals surface area contributed by atoms with Gasteiger partial charge in [0, 0.05) is 6.54 Å². The normalized spacial score (nSPS) is 27.3. The topological polar surface area (TPSA) is 29.1 Å². The largest absolute Gasteiger partial charge is 0.355 e. The minimum Gasteiger partial charge on any atom is -0.355 e. The molecule has 0 aromatic heterocycles. The zero-order valence-electron chi connectivity index (χ0n) is 7.09. The van der Waals surface area contributed by atoms with Crippen LogP contribution in [0, 0.1) is 0 Å². The molecule has 0 radical (unpaired) electrons. The van der Waals surface area contributed by atoms with Crippen molar-refractivity contribution < 1.29 is 4.79 Å². The quantitative estimate of drug-likeness (QED) is 0.745. The minimum atomic E-state index is -0.492. The Hall–Kier alpha value is -0.830. The highest BCUT2D eigenvalue weighted by atomic mass is 79.9. The lowest BCUT2D eigenvalue weighted by molar-refractivity contribution is -0.121. The van der Waals surface area contributed by atoms with Gasteiger partial charge in [-0.15, -0.1) is 0 Å². The number of halogens is 1. The van der Waals surface area contributed by atoms with Gasteiger partial charge >= 0.3 is 0 Å². The summed E-state index contributed by atoms with van der Waals surface area (Å²) < 4.78 is -0.492. The minimum absolute atomic E-state index is 0.0682. The Bertz CT molecular complexity index is 325. The number of hydrogen-bond donors (Lipinski definition) is 1. The molecule has 0 saturated carbocycles. The van der Waals surface area contributed by atoms with Gasteiger partial charge in [0.15, 0.2) is 0 Å². The number of carbonyl (C=O) groups is 1. The predicted octanol–water partition coefficient (Wildman–Crippen LogP) is 1.80. The van der Waals surface area contributed by atoms with Gasteiger partial charge in [0.1, 0.15) is 4.32 Å². The molecule has 1 aromatic carbocycles. The molecule has 1 amide bonds. The van der Waals surface area contributed by atoms with E-state index in [-0.39, 0.29) is 5.91 Å². The fourth-order valence-corrected chi connectivity index (χ4v) is 2.18. The van der Waals surface area contributed by atoms with Gasteiger partial charge in [-0.3, -0.25) is 4.79 Å². The van der Waals surface area contributed by atoms with Crippen molar-refractivity contribution >= 4 is 21.8 Å². The monoisotopic (exact) mass is 239 g/mol. The van der Waals surface area contributed by atoms with Crippen LogP contribution in [-0.2, 0) is 9.12 Å². The van der Waals surface area contributed by atoms with E-state index in [4.69, 9.17) is 0 Å². The molecule has 0 aliphatic carbocycles. The summed E-state index contributed by atoms with van der Waals surface area (Å²) in [5, 5.41) is 2.82. The standard InChI is InChI=1S/C10H10BrNO/c11-10(6-7-12-9(10)13)8-4-2-1-3-5-8/h1-5H,6-7H2,(H,12,13). The van der Waals surface area contributed by atoms with Crippen molar-refractivity contribution in [1.29, 1.82) is 0 Å². The zero-order chi connectivity index (χ0) is 9.31. The number of amides is 1. The van der Waals surface area contributed by atoms with E-state index in [1.54, 1.807) is 0 Å². The molecule has 1 fully saturated rings. The molecular weight excluding hydrogens is 230 g/mol. The summed E-state index contributed by atoms with van der Waals surface area (Å²) in [5.74, 6) is 0.0682. The number of nitrogens with one attached hydrogen (secondary N) is 1. The average molecular weight is 240 g/mol. The molecule has 1 unspecified atom stereocenters. The second-order valence-electron chi connectivity index (χ2n) is 3.17. The average Bonchev–Trinajstić information content (AvgIpc) is 2.50. The maximum absolute atomic E-state index is 11.5. The van der Waals surface area contributed by atoms with E-state index in [0.29, 0.717) is 0 Å². The molecule has 1 heterocycles. The van der Waals surface area contributed by atoms with E-state index >= 15 is 0 Å². The zero-order valence-corrected chi connectivity index (χ0v) is 8.67. The molecule has 1 N–H and O–H groups in total. The summed E-state index contributed by atoms with van der Waals surface area (Å²) in [6, 6.07) is 9.79. The highest BCUT2D eigenvalue weighted by molar-refractivity contribution is 9.10. The van der Waals surface area contributed by atoms with Crippen molar-refractivity contribution in [3.05, 3.63) is 35.9 Å². The molecule has 1 atom stereocenters. The van der Waals surface area contributed by atoms with Crippen LogP contribution in [0.4, 0.5) is 0 Å². The molecule has 2 nitrogen and oxygen atoms in total. The maximum atomic E-state index is 11.5. The van der Waals surface area contributed by atoms with Crippen LogP contribution in [0.5, 0.6) is 0 Å². The van der Waals surface area contributed by atoms with Gasteiger partial charge in [0.25, 0.3) is 0 Å². The molecule has 1 saturated heterocycles. The van der Waals surface area contributed by atoms with E-state index in [2.05, 4.69) is 21.2 Å². The van der Waals surface area contributed by atoms with Crippen molar-refractivity contribution in [2.45, 2.75) is 10.7 Å². The summed E-state index contributed by atoms with van der Waals surface area (Å²) >= 11 is 3.51. The number of benzene rings is 1. The Morgan fingerprint density at radius 3 is 2.54 bits per heavy atom. The predicted molar refractivity (Wildman–Crippen MR) is 54.7 cm³/mol. The van der Waals surface area contributed by atoms with E-state index in [1.807, 2.05) is 30.3 Å². The Kier molecular flexibility index (Phi) is 2.12. The molecule has 1 aromatic rings. The van der Waals surface area contributed by atoms with Crippen LogP contribution in [0.2, 0.25) is 0 Å². The van der Waals surface area contributed by atoms with Crippen molar-refractivity contribution in [3.63, 3.8) is 0 Å². The SMILES string of the molecule is O=C1NCCC1(Br)c1ccccc1. The molecule has 2 rings (SSSR count). The second-order valence-corrected chi connectivity index (χ2v) is 4.53. The third-order valence-electron chi connectivity index (χ3n) is 2.35. The fourth-order valence-electron chi connectivity index (χ4n) is 1.58. The Balaban J connectivity index is 2.40.